The molecule has 3 rings (SSSR count). The lowest BCUT2D eigenvalue weighted by Gasteiger charge is -2.08. The van der Waals surface area contributed by atoms with Gasteiger partial charge >= 0.3 is 5.97 Å². The molecule has 5 nitrogen and oxygen atoms in total. The van der Waals surface area contributed by atoms with Crippen molar-refractivity contribution in [2.45, 2.75) is 13.3 Å². The van der Waals surface area contributed by atoms with Crippen LogP contribution in [0, 0.1) is 0 Å². The number of thiophene rings is 1. The van der Waals surface area contributed by atoms with Gasteiger partial charge in [0.05, 0.1) is 17.1 Å². The fraction of sp³-hybridized carbons (Fsp3) is 0.190. The van der Waals surface area contributed by atoms with E-state index in [1.165, 1.54) is 11.3 Å². The normalized spacial score (nSPS) is 10.8. The standard InChI is InChI=1S/C21H19NO4S2/c1-2-14-10-17(21(28-14)22-18(23)11-27-12-19(24)25)20(26)16-9-5-7-13-6-3-4-8-15(13)16/h3-10H,2,11-12H2,1H3,(H,22,23)(H,24,25). The Morgan fingerprint density at radius 2 is 1.79 bits per heavy atom. The number of benzene rings is 2. The number of thioether (sulfide) groups is 1. The third-order valence-corrected chi connectivity index (χ3v) is 6.23. The second-order valence-electron chi connectivity index (χ2n) is 6.10. The van der Waals surface area contributed by atoms with Gasteiger partial charge in [0.15, 0.2) is 5.78 Å². The molecule has 28 heavy (non-hydrogen) atoms. The Bertz CT molecular complexity index is 1040. The number of carboxylic acids is 1. The summed E-state index contributed by atoms with van der Waals surface area (Å²) in [4.78, 5) is 37.0. The molecule has 2 aromatic carbocycles. The minimum absolute atomic E-state index is 0.0214. The van der Waals surface area contributed by atoms with Crippen LogP contribution in [0.1, 0.15) is 27.7 Å². The van der Waals surface area contributed by atoms with E-state index in [1.54, 1.807) is 6.07 Å². The lowest BCUT2D eigenvalue weighted by Crippen LogP contribution is -2.16. The lowest BCUT2D eigenvalue weighted by atomic mass is 9.98. The summed E-state index contributed by atoms with van der Waals surface area (Å²) in [5, 5.41) is 13.8. The summed E-state index contributed by atoms with van der Waals surface area (Å²) < 4.78 is 0. The monoisotopic (exact) mass is 413 g/mol. The van der Waals surface area contributed by atoms with E-state index >= 15 is 0 Å². The van der Waals surface area contributed by atoms with Crippen molar-refractivity contribution < 1.29 is 19.5 Å². The number of nitrogens with one attached hydrogen (secondary N) is 1. The summed E-state index contributed by atoms with van der Waals surface area (Å²) in [5.41, 5.74) is 1.06. The SMILES string of the molecule is CCc1cc(C(=O)c2cccc3ccccc23)c(NC(=O)CSCC(=O)O)s1. The number of anilines is 1. The fourth-order valence-electron chi connectivity index (χ4n) is 2.84. The Kier molecular flexibility index (Phi) is 6.49. The number of hydrogen-bond donors (Lipinski definition) is 2. The molecule has 3 aromatic rings. The van der Waals surface area contributed by atoms with Gasteiger partial charge in [-0.25, -0.2) is 0 Å². The van der Waals surface area contributed by atoms with E-state index in [0.29, 0.717) is 16.1 Å². The molecule has 0 aliphatic heterocycles. The molecule has 0 radical (unpaired) electrons. The molecule has 0 unspecified atom stereocenters. The van der Waals surface area contributed by atoms with E-state index in [0.717, 1.165) is 33.8 Å². The number of aliphatic carboxylic acids is 1. The third-order valence-electron chi connectivity index (χ3n) is 4.12. The molecule has 0 atom stereocenters. The zero-order chi connectivity index (χ0) is 20.1. The van der Waals surface area contributed by atoms with Gasteiger partial charge in [-0.1, -0.05) is 49.4 Å². The second-order valence-corrected chi connectivity index (χ2v) is 8.22. The highest BCUT2D eigenvalue weighted by Crippen LogP contribution is 2.32. The summed E-state index contributed by atoms with van der Waals surface area (Å²) in [6, 6.07) is 15.1. The molecule has 0 fully saturated rings. The molecular formula is C21H19NO4S2. The molecule has 0 aliphatic rings. The van der Waals surface area contributed by atoms with Gasteiger partial charge < -0.3 is 10.4 Å². The number of aryl methyl sites for hydroxylation is 1. The number of carbonyl (C=O) groups excluding carboxylic acids is 2. The number of carbonyl (C=O) groups is 3. The van der Waals surface area contributed by atoms with Crippen LogP contribution in [0.4, 0.5) is 5.00 Å². The van der Waals surface area contributed by atoms with Crippen LogP contribution in [0.25, 0.3) is 10.8 Å². The van der Waals surface area contributed by atoms with E-state index in [-0.39, 0.29) is 23.2 Å². The maximum atomic E-state index is 13.3. The number of ketones is 1. The first-order valence-electron chi connectivity index (χ1n) is 8.74. The van der Waals surface area contributed by atoms with Gasteiger partial charge in [-0.05, 0) is 23.3 Å². The molecule has 1 aromatic heterocycles. The number of carboxylic acid groups (broad SMARTS) is 1. The Labute approximate surface area is 170 Å². The average molecular weight is 414 g/mol. The first kappa shape index (κ1) is 20.1. The van der Waals surface area contributed by atoms with Crippen LogP contribution in [0.2, 0.25) is 0 Å². The molecule has 0 bridgehead atoms. The molecular weight excluding hydrogens is 394 g/mol. The van der Waals surface area contributed by atoms with Crippen LogP contribution in [-0.4, -0.2) is 34.3 Å². The Balaban J connectivity index is 1.89. The summed E-state index contributed by atoms with van der Waals surface area (Å²) in [7, 11) is 0. The van der Waals surface area contributed by atoms with Crippen LogP contribution in [0.5, 0.6) is 0 Å². The highest BCUT2D eigenvalue weighted by molar-refractivity contribution is 8.00. The predicted molar refractivity (Wildman–Crippen MR) is 115 cm³/mol. The van der Waals surface area contributed by atoms with Crippen molar-refractivity contribution in [2.24, 2.45) is 0 Å². The van der Waals surface area contributed by atoms with Crippen LogP contribution < -0.4 is 5.32 Å². The van der Waals surface area contributed by atoms with Gasteiger partial charge in [0.2, 0.25) is 5.91 Å². The molecule has 144 valence electrons. The summed E-state index contributed by atoms with van der Waals surface area (Å²) >= 11 is 2.40. The maximum Gasteiger partial charge on any atom is 0.313 e. The van der Waals surface area contributed by atoms with Crippen molar-refractivity contribution in [3.63, 3.8) is 0 Å². The number of amides is 1. The Morgan fingerprint density at radius 1 is 1.04 bits per heavy atom. The van der Waals surface area contributed by atoms with Crippen LogP contribution in [0.15, 0.2) is 48.5 Å². The van der Waals surface area contributed by atoms with Crippen LogP contribution in [0.3, 0.4) is 0 Å². The van der Waals surface area contributed by atoms with Crippen molar-refractivity contribution in [3.05, 3.63) is 64.5 Å². The molecule has 1 amide bonds. The van der Waals surface area contributed by atoms with E-state index in [9.17, 15) is 14.4 Å². The topological polar surface area (TPSA) is 83.5 Å². The van der Waals surface area contributed by atoms with Gasteiger partial charge in [-0.3, -0.25) is 14.4 Å². The van der Waals surface area contributed by atoms with Crippen LogP contribution in [-0.2, 0) is 16.0 Å². The number of fused-ring (bicyclic) bond motifs is 1. The Hall–Kier alpha value is -2.64. The van der Waals surface area contributed by atoms with Crippen molar-refractivity contribution in [2.75, 3.05) is 16.8 Å². The van der Waals surface area contributed by atoms with Gasteiger partial charge in [-0.15, -0.1) is 23.1 Å². The minimum atomic E-state index is -0.964. The minimum Gasteiger partial charge on any atom is -0.481 e. The van der Waals surface area contributed by atoms with Crippen molar-refractivity contribution in [3.8, 4) is 0 Å². The largest absolute Gasteiger partial charge is 0.481 e. The zero-order valence-corrected chi connectivity index (χ0v) is 16.9. The van der Waals surface area contributed by atoms with Crippen LogP contribution >= 0.6 is 23.1 Å². The maximum absolute atomic E-state index is 13.3. The highest BCUT2D eigenvalue weighted by Gasteiger charge is 2.20. The third kappa shape index (κ3) is 4.61. The molecule has 0 aliphatic carbocycles. The molecule has 7 heteroatoms. The van der Waals surface area contributed by atoms with Gasteiger partial charge in [0.25, 0.3) is 0 Å². The molecule has 2 N–H and O–H groups in total. The Morgan fingerprint density at radius 3 is 2.54 bits per heavy atom. The first-order chi connectivity index (χ1) is 13.5. The predicted octanol–water partition coefficient (Wildman–Crippen LogP) is 4.45. The smallest absolute Gasteiger partial charge is 0.313 e. The molecule has 1 heterocycles. The van der Waals surface area contributed by atoms with E-state index < -0.39 is 5.97 Å². The highest BCUT2D eigenvalue weighted by atomic mass is 32.2. The average Bonchev–Trinajstić information content (AvgIpc) is 3.09. The fourth-order valence-corrected chi connectivity index (χ4v) is 4.38. The van der Waals surface area contributed by atoms with Gasteiger partial charge in [0.1, 0.15) is 5.00 Å². The summed E-state index contributed by atoms with van der Waals surface area (Å²) in [6.45, 7) is 1.99. The van der Waals surface area contributed by atoms with Gasteiger partial charge in [-0.2, -0.15) is 0 Å². The quantitative estimate of drug-likeness (QED) is 0.533. The van der Waals surface area contributed by atoms with E-state index in [2.05, 4.69) is 5.32 Å². The summed E-state index contributed by atoms with van der Waals surface area (Å²) in [5.74, 6) is -1.54. The van der Waals surface area contributed by atoms with Crippen molar-refractivity contribution in [1.29, 1.82) is 0 Å². The lowest BCUT2D eigenvalue weighted by molar-refractivity contribution is -0.133. The molecule has 0 saturated heterocycles. The molecule has 0 saturated carbocycles. The molecule has 0 spiro atoms. The number of rotatable bonds is 8. The van der Waals surface area contributed by atoms with Crippen molar-refractivity contribution in [1.82, 2.24) is 0 Å². The summed E-state index contributed by atoms with van der Waals surface area (Å²) in [6.07, 6.45) is 0.754. The van der Waals surface area contributed by atoms with E-state index in [1.807, 2.05) is 49.4 Å². The second kappa shape index (κ2) is 9.03. The zero-order valence-electron chi connectivity index (χ0n) is 15.2. The first-order valence-corrected chi connectivity index (χ1v) is 10.7. The van der Waals surface area contributed by atoms with Gasteiger partial charge in [0, 0.05) is 10.4 Å². The van der Waals surface area contributed by atoms with Crippen molar-refractivity contribution >= 4 is 56.5 Å². The number of hydrogen-bond acceptors (Lipinski definition) is 5. The van der Waals surface area contributed by atoms with E-state index in [4.69, 9.17) is 5.11 Å².